The third-order valence-corrected chi connectivity index (χ3v) is 3.89. The van der Waals surface area contributed by atoms with E-state index in [1.165, 1.54) is 13.0 Å². The zero-order valence-electron chi connectivity index (χ0n) is 10.6. The SMILES string of the molecule is CC(C)N1CCCC(n2ncc(Cl)c2N)CC1. The molecule has 0 spiro atoms. The summed E-state index contributed by atoms with van der Waals surface area (Å²) in [6, 6.07) is 1.01. The van der Waals surface area contributed by atoms with Crippen LogP contribution in [0.25, 0.3) is 0 Å². The van der Waals surface area contributed by atoms with E-state index in [0.717, 1.165) is 19.4 Å². The van der Waals surface area contributed by atoms with Crippen LogP contribution in [0, 0.1) is 0 Å². The molecule has 17 heavy (non-hydrogen) atoms. The Hall–Kier alpha value is -0.740. The van der Waals surface area contributed by atoms with Gasteiger partial charge in [0.15, 0.2) is 0 Å². The van der Waals surface area contributed by atoms with Gasteiger partial charge in [-0.25, -0.2) is 4.68 Å². The highest BCUT2D eigenvalue weighted by atomic mass is 35.5. The van der Waals surface area contributed by atoms with Gasteiger partial charge in [0.1, 0.15) is 10.8 Å². The van der Waals surface area contributed by atoms with Crippen LogP contribution < -0.4 is 5.73 Å². The van der Waals surface area contributed by atoms with E-state index in [9.17, 15) is 0 Å². The van der Waals surface area contributed by atoms with Gasteiger partial charge >= 0.3 is 0 Å². The average molecular weight is 257 g/mol. The molecule has 1 saturated heterocycles. The summed E-state index contributed by atoms with van der Waals surface area (Å²) < 4.78 is 1.90. The van der Waals surface area contributed by atoms with Crippen LogP contribution in [0.4, 0.5) is 5.82 Å². The van der Waals surface area contributed by atoms with Crippen LogP contribution in [0.2, 0.25) is 5.02 Å². The van der Waals surface area contributed by atoms with Crippen molar-refractivity contribution in [2.75, 3.05) is 18.8 Å². The van der Waals surface area contributed by atoms with Gasteiger partial charge in [0.05, 0.1) is 12.2 Å². The normalized spacial score (nSPS) is 22.9. The zero-order chi connectivity index (χ0) is 12.4. The van der Waals surface area contributed by atoms with Crippen molar-refractivity contribution >= 4 is 17.4 Å². The summed E-state index contributed by atoms with van der Waals surface area (Å²) in [4.78, 5) is 2.52. The molecule has 2 N–H and O–H groups in total. The first-order valence-corrected chi connectivity index (χ1v) is 6.70. The Kier molecular flexibility index (Phi) is 3.94. The lowest BCUT2D eigenvalue weighted by Crippen LogP contribution is -2.31. The smallest absolute Gasteiger partial charge is 0.140 e. The number of halogens is 1. The average Bonchev–Trinajstić information content (AvgIpc) is 2.55. The lowest BCUT2D eigenvalue weighted by Gasteiger charge is -2.24. The van der Waals surface area contributed by atoms with Gasteiger partial charge in [-0.15, -0.1) is 0 Å². The molecule has 1 aromatic heterocycles. The molecular weight excluding hydrogens is 236 g/mol. The molecule has 4 nitrogen and oxygen atoms in total. The third-order valence-electron chi connectivity index (χ3n) is 3.60. The van der Waals surface area contributed by atoms with Gasteiger partial charge in [-0.05, 0) is 39.7 Å². The minimum Gasteiger partial charge on any atom is -0.383 e. The predicted octanol–water partition coefficient (Wildman–Crippen LogP) is 2.55. The number of rotatable bonds is 2. The number of nitrogens with two attached hydrogens (primary N) is 1. The Morgan fingerprint density at radius 2 is 2.18 bits per heavy atom. The molecule has 2 rings (SSSR count). The van der Waals surface area contributed by atoms with Crippen LogP contribution in [0.1, 0.15) is 39.2 Å². The molecule has 0 aromatic carbocycles. The van der Waals surface area contributed by atoms with Crippen molar-refractivity contribution in [2.45, 2.75) is 45.2 Å². The second-order valence-corrected chi connectivity index (χ2v) is 5.44. The Bertz CT molecular complexity index is 375. The summed E-state index contributed by atoms with van der Waals surface area (Å²) in [6.07, 6.45) is 5.06. The molecule has 1 unspecified atom stereocenters. The quantitative estimate of drug-likeness (QED) is 0.885. The van der Waals surface area contributed by atoms with Crippen molar-refractivity contribution in [3.8, 4) is 0 Å². The largest absolute Gasteiger partial charge is 0.383 e. The van der Waals surface area contributed by atoms with Crippen LogP contribution >= 0.6 is 11.6 Å². The zero-order valence-corrected chi connectivity index (χ0v) is 11.3. The second kappa shape index (κ2) is 5.27. The molecule has 1 aliphatic rings. The lowest BCUT2D eigenvalue weighted by molar-refractivity contribution is 0.227. The molecule has 0 saturated carbocycles. The topological polar surface area (TPSA) is 47.1 Å². The molecule has 5 heteroatoms. The van der Waals surface area contributed by atoms with Gasteiger partial charge in [0.25, 0.3) is 0 Å². The van der Waals surface area contributed by atoms with E-state index in [1.807, 2.05) is 4.68 Å². The second-order valence-electron chi connectivity index (χ2n) is 5.04. The first kappa shape index (κ1) is 12.7. The number of anilines is 1. The van der Waals surface area contributed by atoms with E-state index >= 15 is 0 Å². The van der Waals surface area contributed by atoms with E-state index in [4.69, 9.17) is 17.3 Å². The maximum atomic E-state index is 5.95. The lowest BCUT2D eigenvalue weighted by atomic mass is 10.1. The van der Waals surface area contributed by atoms with Gasteiger partial charge in [-0.3, -0.25) is 0 Å². The van der Waals surface area contributed by atoms with E-state index in [-0.39, 0.29) is 0 Å². The fourth-order valence-electron chi connectivity index (χ4n) is 2.50. The summed E-state index contributed by atoms with van der Waals surface area (Å²) >= 11 is 5.95. The van der Waals surface area contributed by atoms with Crippen molar-refractivity contribution in [1.82, 2.24) is 14.7 Å². The highest BCUT2D eigenvalue weighted by Gasteiger charge is 2.22. The number of nitrogens with zero attached hydrogens (tertiary/aromatic N) is 3. The molecule has 1 aromatic rings. The highest BCUT2D eigenvalue weighted by molar-refractivity contribution is 6.32. The minimum atomic E-state index is 0.395. The Labute approximate surface area is 108 Å². The van der Waals surface area contributed by atoms with Crippen molar-refractivity contribution in [2.24, 2.45) is 0 Å². The maximum absolute atomic E-state index is 5.95. The summed E-state index contributed by atoms with van der Waals surface area (Å²) in [5.41, 5.74) is 5.93. The van der Waals surface area contributed by atoms with Gasteiger partial charge < -0.3 is 10.6 Å². The van der Waals surface area contributed by atoms with Crippen molar-refractivity contribution in [3.05, 3.63) is 11.2 Å². The van der Waals surface area contributed by atoms with Crippen LogP contribution in [0.3, 0.4) is 0 Å². The van der Waals surface area contributed by atoms with E-state index < -0.39 is 0 Å². The van der Waals surface area contributed by atoms with E-state index in [2.05, 4.69) is 23.8 Å². The van der Waals surface area contributed by atoms with Crippen LogP contribution in [0.5, 0.6) is 0 Å². The molecular formula is C12H21ClN4. The van der Waals surface area contributed by atoms with Crippen LogP contribution in [0.15, 0.2) is 6.20 Å². The van der Waals surface area contributed by atoms with Gasteiger partial charge in [-0.2, -0.15) is 5.10 Å². The number of hydrogen-bond donors (Lipinski definition) is 1. The predicted molar refractivity (Wildman–Crippen MR) is 71.2 cm³/mol. The minimum absolute atomic E-state index is 0.395. The first-order chi connectivity index (χ1) is 8.09. The van der Waals surface area contributed by atoms with Crippen molar-refractivity contribution in [3.63, 3.8) is 0 Å². The summed E-state index contributed by atoms with van der Waals surface area (Å²) in [6.45, 7) is 6.78. The number of hydrogen-bond acceptors (Lipinski definition) is 3. The molecule has 1 fully saturated rings. The van der Waals surface area contributed by atoms with Crippen molar-refractivity contribution < 1.29 is 0 Å². The molecule has 2 heterocycles. The molecule has 0 amide bonds. The van der Waals surface area contributed by atoms with Crippen molar-refractivity contribution in [1.29, 1.82) is 0 Å². The molecule has 0 bridgehead atoms. The maximum Gasteiger partial charge on any atom is 0.140 e. The van der Waals surface area contributed by atoms with Gasteiger partial charge in [-0.1, -0.05) is 11.6 Å². The summed E-state index contributed by atoms with van der Waals surface area (Å²) in [5.74, 6) is 0.606. The monoisotopic (exact) mass is 256 g/mol. The van der Waals surface area contributed by atoms with Crippen LogP contribution in [-0.2, 0) is 0 Å². The highest BCUT2D eigenvalue weighted by Crippen LogP contribution is 2.28. The van der Waals surface area contributed by atoms with E-state index in [1.54, 1.807) is 6.20 Å². The molecule has 1 atom stereocenters. The first-order valence-electron chi connectivity index (χ1n) is 6.32. The number of likely N-dealkylation sites (tertiary alicyclic amines) is 1. The fraction of sp³-hybridized carbons (Fsp3) is 0.750. The molecule has 0 aliphatic carbocycles. The molecule has 0 radical (unpaired) electrons. The van der Waals surface area contributed by atoms with Gasteiger partial charge in [0, 0.05) is 12.6 Å². The summed E-state index contributed by atoms with van der Waals surface area (Å²) in [7, 11) is 0. The standard InChI is InChI=1S/C12H21ClN4/c1-9(2)16-6-3-4-10(5-7-16)17-12(14)11(13)8-15-17/h8-10H,3-7,14H2,1-2H3. The van der Waals surface area contributed by atoms with E-state index in [0.29, 0.717) is 22.9 Å². The van der Waals surface area contributed by atoms with Crippen LogP contribution in [-0.4, -0.2) is 33.8 Å². The fourth-order valence-corrected chi connectivity index (χ4v) is 2.63. The number of aromatic nitrogens is 2. The Morgan fingerprint density at radius 3 is 2.76 bits per heavy atom. The third kappa shape index (κ3) is 2.75. The van der Waals surface area contributed by atoms with Gasteiger partial charge in [0.2, 0.25) is 0 Å². The Morgan fingerprint density at radius 1 is 1.41 bits per heavy atom. The molecule has 96 valence electrons. The Balaban J connectivity index is 2.06. The molecule has 1 aliphatic heterocycles. The summed E-state index contributed by atoms with van der Waals surface area (Å²) in [5, 5.41) is 4.86. The number of nitrogen functional groups attached to an aromatic ring is 1.